The van der Waals surface area contributed by atoms with E-state index in [-0.39, 0.29) is 11.6 Å². The Labute approximate surface area is 137 Å². The lowest BCUT2D eigenvalue weighted by molar-refractivity contribution is 0.149. The molecule has 4 heterocycles. The van der Waals surface area contributed by atoms with Crippen molar-refractivity contribution in [3.63, 3.8) is 0 Å². The summed E-state index contributed by atoms with van der Waals surface area (Å²) in [4.78, 5) is 26.2. The van der Waals surface area contributed by atoms with E-state index < -0.39 is 0 Å². The topological polar surface area (TPSA) is 73.9 Å². The zero-order chi connectivity index (χ0) is 15.6. The predicted octanol–water partition coefficient (Wildman–Crippen LogP) is 1.53. The van der Waals surface area contributed by atoms with Crippen LogP contribution in [0.2, 0.25) is 0 Å². The SMILES string of the molecule is O=c1[nH]c(CN2CCNCC2c2cccnc2)nc2ccsc12. The molecule has 4 rings (SSSR count). The molecule has 1 aliphatic rings. The molecule has 1 unspecified atom stereocenters. The lowest BCUT2D eigenvalue weighted by atomic mass is 10.1. The lowest BCUT2D eigenvalue weighted by Crippen LogP contribution is -2.45. The number of nitrogens with zero attached hydrogens (tertiary/aromatic N) is 3. The van der Waals surface area contributed by atoms with Crippen LogP contribution in [-0.4, -0.2) is 39.5 Å². The largest absolute Gasteiger partial charge is 0.314 e. The van der Waals surface area contributed by atoms with Gasteiger partial charge in [-0.2, -0.15) is 0 Å². The van der Waals surface area contributed by atoms with Gasteiger partial charge in [0, 0.05) is 38.1 Å². The molecule has 3 aromatic rings. The second-order valence-electron chi connectivity index (χ2n) is 5.62. The first-order valence-electron chi connectivity index (χ1n) is 7.62. The molecule has 0 saturated carbocycles. The molecule has 23 heavy (non-hydrogen) atoms. The Balaban J connectivity index is 1.63. The average molecular weight is 327 g/mol. The molecule has 0 spiro atoms. The number of aromatic nitrogens is 3. The summed E-state index contributed by atoms with van der Waals surface area (Å²) in [7, 11) is 0. The first-order valence-corrected chi connectivity index (χ1v) is 8.50. The van der Waals surface area contributed by atoms with Crippen molar-refractivity contribution in [1.82, 2.24) is 25.2 Å². The van der Waals surface area contributed by atoms with Crippen molar-refractivity contribution in [3.05, 3.63) is 57.7 Å². The Bertz CT molecular complexity index is 860. The number of pyridine rings is 1. The summed E-state index contributed by atoms with van der Waals surface area (Å²) in [5, 5.41) is 5.33. The molecule has 6 nitrogen and oxygen atoms in total. The van der Waals surface area contributed by atoms with E-state index in [4.69, 9.17) is 0 Å². The molecular formula is C16H17N5OS. The third-order valence-electron chi connectivity index (χ3n) is 4.14. The highest BCUT2D eigenvalue weighted by Gasteiger charge is 2.24. The molecule has 7 heteroatoms. The van der Waals surface area contributed by atoms with Crippen LogP contribution in [0.5, 0.6) is 0 Å². The van der Waals surface area contributed by atoms with Gasteiger partial charge in [-0.25, -0.2) is 4.98 Å². The van der Waals surface area contributed by atoms with Crippen LogP contribution < -0.4 is 10.9 Å². The van der Waals surface area contributed by atoms with Crippen molar-refractivity contribution >= 4 is 21.6 Å². The fraction of sp³-hybridized carbons (Fsp3) is 0.312. The number of nitrogens with one attached hydrogen (secondary N) is 2. The summed E-state index contributed by atoms with van der Waals surface area (Å²) in [6, 6.07) is 6.19. The number of aromatic amines is 1. The zero-order valence-corrected chi connectivity index (χ0v) is 13.3. The third kappa shape index (κ3) is 2.90. The number of H-pyrrole nitrogens is 1. The van der Waals surface area contributed by atoms with Crippen molar-refractivity contribution in [3.8, 4) is 0 Å². The fourth-order valence-corrected chi connectivity index (χ4v) is 3.75. The van der Waals surface area contributed by atoms with E-state index in [0.717, 1.165) is 31.0 Å². The summed E-state index contributed by atoms with van der Waals surface area (Å²) in [6.45, 7) is 3.34. The Morgan fingerprint density at radius 2 is 2.35 bits per heavy atom. The van der Waals surface area contributed by atoms with Crippen molar-refractivity contribution in [2.75, 3.05) is 19.6 Å². The molecule has 1 aliphatic heterocycles. The van der Waals surface area contributed by atoms with Gasteiger partial charge in [0.2, 0.25) is 0 Å². The number of rotatable bonds is 3. The number of fused-ring (bicyclic) bond motifs is 1. The van der Waals surface area contributed by atoms with E-state index in [1.807, 2.05) is 23.7 Å². The Morgan fingerprint density at radius 1 is 1.39 bits per heavy atom. The molecular weight excluding hydrogens is 310 g/mol. The summed E-state index contributed by atoms with van der Waals surface area (Å²) < 4.78 is 0.692. The van der Waals surface area contributed by atoms with Gasteiger partial charge in [0.25, 0.3) is 5.56 Å². The van der Waals surface area contributed by atoms with E-state index in [1.54, 1.807) is 6.20 Å². The summed E-state index contributed by atoms with van der Waals surface area (Å²) in [5.41, 5.74) is 1.91. The highest BCUT2D eigenvalue weighted by Crippen LogP contribution is 2.23. The summed E-state index contributed by atoms with van der Waals surface area (Å²) in [6.07, 6.45) is 3.69. The fourth-order valence-electron chi connectivity index (χ4n) is 3.03. The molecule has 0 aliphatic carbocycles. The minimum absolute atomic E-state index is 0.0481. The Kier molecular flexibility index (Phi) is 3.90. The van der Waals surface area contributed by atoms with Crippen LogP contribution in [0.1, 0.15) is 17.4 Å². The second-order valence-corrected chi connectivity index (χ2v) is 6.54. The highest BCUT2D eigenvalue weighted by molar-refractivity contribution is 7.17. The molecule has 3 aromatic heterocycles. The van der Waals surface area contributed by atoms with E-state index in [2.05, 4.69) is 31.2 Å². The van der Waals surface area contributed by atoms with Gasteiger partial charge in [0.1, 0.15) is 10.5 Å². The van der Waals surface area contributed by atoms with Crippen molar-refractivity contribution in [2.45, 2.75) is 12.6 Å². The van der Waals surface area contributed by atoms with Gasteiger partial charge in [-0.1, -0.05) is 6.07 Å². The number of hydrogen-bond acceptors (Lipinski definition) is 6. The van der Waals surface area contributed by atoms with Crippen LogP contribution in [0.25, 0.3) is 10.2 Å². The normalized spacial score (nSPS) is 19.2. The van der Waals surface area contributed by atoms with Crippen LogP contribution in [0.15, 0.2) is 40.8 Å². The first-order chi connectivity index (χ1) is 11.3. The first kappa shape index (κ1) is 14.5. The van der Waals surface area contributed by atoms with E-state index in [1.165, 1.54) is 16.9 Å². The molecule has 1 fully saturated rings. The minimum atomic E-state index is -0.0481. The monoisotopic (exact) mass is 327 g/mol. The Hall–Kier alpha value is -2.09. The van der Waals surface area contributed by atoms with E-state index >= 15 is 0 Å². The van der Waals surface area contributed by atoms with Crippen LogP contribution in [-0.2, 0) is 6.54 Å². The number of hydrogen-bond donors (Lipinski definition) is 2. The molecule has 0 bridgehead atoms. The number of thiophene rings is 1. The smallest absolute Gasteiger partial charge is 0.268 e. The van der Waals surface area contributed by atoms with Crippen LogP contribution in [0.3, 0.4) is 0 Å². The van der Waals surface area contributed by atoms with Crippen LogP contribution >= 0.6 is 11.3 Å². The molecule has 1 atom stereocenters. The quantitative estimate of drug-likeness (QED) is 0.763. The predicted molar refractivity (Wildman–Crippen MR) is 90.5 cm³/mol. The van der Waals surface area contributed by atoms with Crippen molar-refractivity contribution < 1.29 is 0 Å². The third-order valence-corrected chi connectivity index (χ3v) is 5.04. The second kappa shape index (κ2) is 6.19. The van der Waals surface area contributed by atoms with Gasteiger partial charge < -0.3 is 10.3 Å². The molecule has 2 N–H and O–H groups in total. The summed E-state index contributed by atoms with van der Waals surface area (Å²) in [5.74, 6) is 0.719. The maximum absolute atomic E-state index is 12.1. The van der Waals surface area contributed by atoms with Gasteiger partial charge in [-0.3, -0.25) is 14.7 Å². The molecule has 0 amide bonds. The Morgan fingerprint density at radius 3 is 3.22 bits per heavy atom. The maximum Gasteiger partial charge on any atom is 0.268 e. The number of piperazine rings is 1. The molecule has 0 radical (unpaired) electrons. The van der Waals surface area contributed by atoms with Crippen molar-refractivity contribution in [2.24, 2.45) is 0 Å². The lowest BCUT2D eigenvalue weighted by Gasteiger charge is -2.35. The van der Waals surface area contributed by atoms with Gasteiger partial charge in [-0.05, 0) is 23.1 Å². The van der Waals surface area contributed by atoms with Crippen LogP contribution in [0.4, 0.5) is 0 Å². The molecule has 0 aromatic carbocycles. The highest BCUT2D eigenvalue weighted by atomic mass is 32.1. The zero-order valence-electron chi connectivity index (χ0n) is 12.5. The maximum atomic E-state index is 12.1. The molecule has 1 saturated heterocycles. The van der Waals surface area contributed by atoms with Gasteiger partial charge in [-0.15, -0.1) is 11.3 Å². The van der Waals surface area contributed by atoms with Crippen molar-refractivity contribution in [1.29, 1.82) is 0 Å². The minimum Gasteiger partial charge on any atom is -0.314 e. The van der Waals surface area contributed by atoms with Gasteiger partial charge >= 0.3 is 0 Å². The van der Waals surface area contributed by atoms with Gasteiger partial charge in [0.15, 0.2) is 0 Å². The van der Waals surface area contributed by atoms with E-state index in [0.29, 0.717) is 11.2 Å². The summed E-state index contributed by atoms with van der Waals surface area (Å²) >= 11 is 1.43. The van der Waals surface area contributed by atoms with Crippen LogP contribution in [0, 0.1) is 0 Å². The average Bonchev–Trinajstić information content (AvgIpc) is 3.05. The molecule has 118 valence electrons. The van der Waals surface area contributed by atoms with Gasteiger partial charge in [0.05, 0.1) is 12.1 Å². The van der Waals surface area contributed by atoms with E-state index in [9.17, 15) is 4.79 Å². The standard InChI is InChI=1S/C16H17N5OS/c22-16-15-12(3-7-23-15)19-14(20-16)10-21-6-5-18-9-13(21)11-2-1-4-17-8-11/h1-4,7-8,13,18H,5-6,9-10H2,(H,19,20,22).